The molecule has 0 aliphatic rings. The molecule has 1 unspecified atom stereocenters. The molecular weight excluding hydrogens is 282 g/mol. The van der Waals surface area contributed by atoms with Gasteiger partial charge in [0.1, 0.15) is 5.75 Å². The summed E-state index contributed by atoms with van der Waals surface area (Å²) >= 11 is 4.13. The Kier molecular flexibility index (Phi) is 6.16. The summed E-state index contributed by atoms with van der Waals surface area (Å²) in [5.41, 5.74) is 0. The zero-order valence-corrected chi connectivity index (χ0v) is 13.2. The minimum atomic E-state index is -3.46. The van der Waals surface area contributed by atoms with E-state index in [-0.39, 0.29) is 10.9 Å². The fourth-order valence-corrected chi connectivity index (χ4v) is 3.16. The first kappa shape index (κ1) is 16.3. The molecule has 0 N–H and O–H groups in total. The van der Waals surface area contributed by atoms with Crippen LogP contribution in [0.3, 0.4) is 0 Å². The number of sulfonamides is 1. The topological polar surface area (TPSA) is 46.6 Å². The zero-order valence-electron chi connectivity index (χ0n) is 11.5. The number of benzene rings is 1. The molecule has 0 aliphatic carbocycles. The van der Waals surface area contributed by atoms with Crippen molar-refractivity contribution in [3.8, 4) is 5.75 Å². The lowest BCUT2D eigenvalue weighted by atomic mass is 10.3. The largest absolute Gasteiger partial charge is 0.494 e. The van der Waals surface area contributed by atoms with Gasteiger partial charge in [0.2, 0.25) is 10.0 Å². The Bertz CT molecular complexity index is 485. The molecule has 0 amide bonds. The Morgan fingerprint density at radius 2 is 1.89 bits per heavy atom. The lowest BCUT2D eigenvalue weighted by Gasteiger charge is -2.22. The van der Waals surface area contributed by atoms with Crippen LogP contribution in [0.1, 0.15) is 20.3 Å². The van der Waals surface area contributed by atoms with Gasteiger partial charge in [0.15, 0.2) is 0 Å². The number of nitrogens with zero attached hydrogens (tertiary/aromatic N) is 1. The molecule has 0 heterocycles. The van der Waals surface area contributed by atoms with Gasteiger partial charge < -0.3 is 4.74 Å². The van der Waals surface area contributed by atoms with E-state index < -0.39 is 10.0 Å². The second-order valence-electron chi connectivity index (χ2n) is 4.37. The predicted molar refractivity (Wildman–Crippen MR) is 80.5 cm³/mol. The third kappa shape index (κ3) is 4.12. The SMILES string of the molecule is CCCOc1ccc(S(=O)(=O)N(C)C(C)CS)cc1. The van der Waals surface area contributed by atoms with Crippen LogP contribution in [0.2, 0.25) is 0 Å². The van der Waals surface area contributed by atoms with Crippen molar-refractivity contribution in [2.45, 2.75) is 31.2 Å². The average Bonchev–Trinajstić information content (AvgIpc) is 2.43. The molecule has 0 fully saturated rings. The van der Waals surface area contributed by atoms with Crippen molar-refractivity contribution in [3.05, 3.63) is 24.3 Å². The molecular formula is C13H21NO3S2. The van der Waals surface area contributed by atoms with Crippen LogP contribution < -0.4 is 4.74 Å². The monoisotopic (exact) mass is 303 g/mol. The Morgan fingerprint density at radius 1 is 1.32 bits per heavy atom. The molecule has 0 aromatic heterocycles. The van der Waals surface area contributed by atoms with Gasteiger partial charge in [-0.2, -0.15) is 16.9 Å². The van der Waals surface area contributed by atoms with E-state index in [9.17, 15) is 8.42 Å². The highest BCUT2D eigenvalue weighted by Crippen LogP contribution is 2.20. The van der Waals surface area contributed by atoms with Crippen LogP contribution in [0.5, 0.6) is 5.75 Å². The molecule has 1 aromatic carbocycles. The van der Waals surface area contributed by atoms with E-state index in [0.29, 0.717) is 18.1 Å². The van der Waals surface area contributed by atoms with Crippen molar-refractivity contribution < 1.29 is 13.2 Å². The van der Waals surface area contributed by atoms with Gasteiger partial charge in [-0.15, -0.1) is 0 Å². The highest BCUT2D eigenvalue weighted by atomic mass is 32.2. The first-order valence-corrected chi connectivity index (χ1v) is 8.32. The van der Waals surface area contributed by atoms with Gasteiger partial charge in [-0.25, -0.2) is 8.42 Å². The van der Waals surface area contributed by atoms with Crippen LogP contribution in [0.15, 0.2) is 29.2 Å². The first-order chi connectivity index (χ1) is 8.93. The standard InChI is InChI=1S/C13H21NO3S2/c1-4-9-17-12-5-7-13(8-6-12)19(15,16)14(3)11(2)10-18/h5-8,11,18H,4,9-10H2,1-3H3. The van der Waals surface area contributed by atoms with E-state index in [1.165, 1.54) is 4.31 Å². The summed E-state index contributed by atoms with van der Waals surface area (Å²) in [6, 6.07) is 6.36. The quantitative estimate of drug-likeness (QED) is 0.787. The van der Waals surface area contributed by atoms with Crippen LogP contribution in [0, 0.1) is 0 Å². The number of rotatable bonds is 7. The van der Waals surface area contributed by atoms with Crippen molar-refractivity contribution in [1.29, 1.82) is 0 Å². The van der Waals surface area contributed by atoms with Gasteiger partial charge >= 0.3 is 0 Å². The van der Waals surface area contributed by atoms with E-state index in [0.717, 1.165) is 6.42 Å². The molecule has 4 nitrogen and oxygen atoms in total. The normalized spacial score (nSPS) is 13.5. The minimum absolute atomic E-state index is 0.149. The van der Waals surface area contributed by atoms with Gasteiger partial charge in [0, 0.05) is 18.8 Å². The molecule has 0 aliphatic heterocycles. The molecule has 108 valence electrons. The maximum absolute atomic E-state index is 12.3. The van der Waals surface area contributed by atoms with Gasteiger partial charge in [-0.05, 0) is 37.6 Å². The van der Waals surface area contributed by atoms with Crippen molar-refractivity contribution in [3.63, 3.8) is 0 Å². The van der Waals surface area contributed by atoms with Crippen LogP contribution in [0.25, 0.3) is 0 Å². The Hall–Kier alpha value is -0.720. The molecule has 1 aromatic rings. The third-order valence-corrected chi connectivity index (χ3v) is 5.37. The summed E-state index contributed by atoms with van der Waals surface area (Å²) in [6.45, 7) is 4.47. The Balaban J connectivity index is 2.90. The molecule has 1 rings (SSSR count). The van der Waals surface area contributed by atoms with Gasteiger partial charge in [0.05, 0.1) is 11.5 Å². The molecule has 0 radical (unpaired) electrons. The lowest BCUT2D eigenvalue weighted by Crippen LogP contribution is -2.36. The van der Waals surface area contributed by atoms with Crippen LogP contribution in [0.4, 0.5) is 0 Å². The second kappa shape index (κ2) is 7.17. The summed E-state index contributed by atoms with van der Waals surface area (Å²) in [5, 5.41) is 0. The van der Waals surface area contributed by atoms with Crippen molar-refractivity contribution in [2.75, 3.05) is 19.4 Å². The predicted octanol–water partition coefficient (Wildman–Crippen LogP) is 2.41. The molecule has 0 saturated carbocycles. The highest BCUT2D eigenvalue weighted by Gasteiger charge is 2.24. The van der Waals surface area contributed by atoms with E-state index in [1.807, 2.05) is 13.8 Å². The summed E-state index contributed by atoms with van der Waals surface area (Å²) in [6.07, 6.45) is 0.919. The van der Waals surface area contributed by atoms with E-state index in [1.54, 1.807) is 31.3 Å². The van der Waals surface area contributed by atoms with E-state index in [4.69, 9.17) is 4.74 Å². The molecule has 0 bridgehead atoms. The molecule has 6 heteroatoms. The van der Waals surface area contributed by atoms with E-state index >= 15 is 0 Å². The highest BCUT2D eigenvalue weighted by molar-refractivity contribution is 7.89. The van der Waals surface area contributed by atoms with Crippen molar-refractivity contribution in [2.24, 2.45) is 0 Å². The fraction of sp³-hybridized carbons (Fsp3) is 0.538. The fourth-order valence-electron chi connectivity index (χ4n) is 1.45. The smallest absolute Gasteiger partial charge is 0.243 e. The molecule has 0 saturated heterocycles. The van der Waals surface area contributed by atoms with Gasteiger partial charge in [-0.1, -0.05) is 6.92 Å². The summed E-state index contributed by atoms with van der Waals surface area (Å²) in [5.74, 6) is 1.17. The summed E-state index contributed by atoms with van der Waals surface area (Å²) in [7, 11) is -1.89. The van der Waals surface area contributed by atoms with Crippen molar-refractivity contribution >= 4 is 22.7 Å². The van der Waals surface area contributed by atoms with Crippen LogP contribution >= 0.6 is 12.6 Å². The Morgan fingerprint density at radius 3 is 2.37 bits per heavy atom. The number of ether oxygens (including phenoxy) is 1. The number of thiol groups is 1. The van der Waals surface area contributed by atoms with Crippen molar-refractivity contribution in [1.82, 2.24) is 4.31 Å². The van der Waals surface area contributed by atoms with Crippen LogP contribution in [-0.2, 0) is 10.0 Å². The lowest BCUT2D eigenvalue weighted by molar-refractivity contribution is 0.317. The summed E-state index contributed by atoms with van der Waals surface area (Å²) in [4.78, 5) is 0.271. The number of hydrogen-bond acceptors (Lipinski definition) is 4. The minimum Gasteiger partial charge on any atom is -0.494 e. The average molecular weight is 303 g/mol. The maximum Gasteiger partial charge on any atom is 0.243 e. The van der Waals surface area contributed by atoms with Gasteiger partial charge in [0.25, 0.3) is 0 Å². The zero-order chi connectivity index (χ0) is 14.5. The summed E-state index contributed by atoms with van der Waals surface area (Å²) < 4.78 is 31.4. The third-order valence-electron chi connectivity index (χ3n) is 2.86. The molecule has 19 heavy (non-hydrogen) atoms. The molecule has 0 spiro atoms. The Labute approximate surface area is 121 Å². The van der Waals surface area contributed by atoms with Gasteiger partial charge in [-0.3, -0.25) is 0 Å². The molecule has 1 atom stereocenters. The second-order valence-corrected chi connectivity index (χ2v) is 6.74. The first-order valence-electron chi connectivity index (χ1n) is 6.25. The number of hydrogen-bond donors (Lipinski definition) is 1. The van der Waals surface area contributed by atoms with E-state index in [2.05, 4.69) is 12.6 Å². The maximum atomic E-state index is 12.3. The van der Waals surface area contributed by atoms with Crippen LogP contribution in [-0.4, -0.2) is 38.2 Å².